The molecule has 0 spiro atoms. The zero-order valence-electron chi connectivity index (χ0n) is 17.3. The SMILES string of the molecule is CC/C=C\C(=C/CC)C1(c2ccccc2)c2ccccc2C2=CC=C(C)CC21. The summed E-state index contributed by atoms with van der Waals surface area (Å²) in [6.07, 6.45) is 15.1. The molecule has 0 radical (unpaired) electrons. The topological polar surface area (TPSA) is 0 Å². The number of rotatable bonds is 5. The molecule has 2 atom stereocenters. The van der Waals surface area contributed by atoms with Crippen molar-refractivity contribution in [1.29, 1.82) is 0 Å². The fraction of sp³-hybridized carbons (Fsp3) is 0.286. The molecule has 0 N–H and O–H groups in total. The standard InChI is InChI=1S/C28H30/c1-4-6-13-22(12-5-2)28(23-14-8-7-9-15-23)26-17-11-10-16-24(26)25-19-18-21(3)20-27(25)28/h6-19,27H,4-5,20H2,1-3H3/b13-6-,22-12+. The molecule has 0 aromatic heterocycles. The number of hydrogen-bond donors (Lipinski definition) is 0. The van der Waals surface area contributed by atoms with Gasteiger partial charge in [-0.15, -0.1) is 0 Å². The van der Waals surface area contributed by atoms with E-state index in [-0.39, 0.29) is 5.41 Å². The first-order valence-electron chi connectivity index (χ1n) is 10.6. The van der Waals surface area contributed by atoms with Crippen molar-refractivity contribution in [3.63, 3.8) is 0 Å². The van der Waals surface area contributed by atoms with Crippen molar-refractivity contribution in [2.24, 2.45) is 5.92 Å². The van der Waals surface area contributed by atoms with Crippen LogP contribution in [0.4, 0.5) is 0 Å². The van der Waals surface area contributed by atoms with Gasteiger partial charge in [-0.1, -0.05) is 104 Å². The summed E-state index contributed by atoms with van der Waals surface area (Å²) in [5, 5.41) is 0. The van der Waals surface area contributed by atoms with Gasteiger partial charge in [-0.3, -0.25) is 0 Å². The Balaban J connectivity index is 2.09. The van der Waals surface area contributed by atoms with E-state index >= 15 is 0 Å². The summed E-state index contributed by atoms with van der Waals surface area (Å²) >= 11 is 0. The van der Waals surface area contributed by atoms with Gasteiger partial charge >= 0.3 is 0 Å². The molecule has 2 aliphatic carbocycles. The van der Waals surface area contributed by atoms with E-state index in [9.17, 15) is 0 Å². The highest BCUT2D eigenvalue weighted by molar-refractivity contribution is 5.84. The van der Waals surface area contributed by atoms with Crippen LogP contribution in [0.15, 0.2) is 96.1 Å². The van der Waals surface area contributed by atoms with Gasteiger partial charge < -0.3 is 0 Å². The van der Waals surface area contributed by atoms with Gasteiger partial charge in [0.2, 0.25) is 0 Å². The van der Waals surface area contributed by atoms with Crippen LogP contribution in [-0.2, 0) is 5.41 Å². The summed E-state index contributed by atoms with van der Waals surface area (Å²) in [6, 6.07) is 20.3. The molecule has 0 fully saturated rings. The van der Waals surface area contributed by atoms with Crippen molar-refractivity contribution < 1.29 is 0 Å². The van der Waals surface area contributed by atoms with E-state index in [0.717, 1.165) is 19.3 Å². The predicted molar refractivity (Wildman–Crippen MR) is 121 cm³/mol. The van der Waals surface area contributed by atoms with Crippen LogP contribution in [-0.4, -0.2) is 0 Å². The number of benzene rings is 2. The van der Waals surface area contributed by atoms with Gasteiger partial charge in [0.25, 0.3) is 0 Å². The van der Waals surface area contributed by atoms with Crippen molar-refractivity contribution in [2.45, 2.75) is 45.4 Å². The van der Waals surface area contributed by atoms with Crippen LogP contribution in [0.2, 0.25) is 0 Å². The van der Waals surface area contributed by atoms with E-state index < -0.39 is 0 Å². The molecule has 2 unspecified atom stereocenters. The summed E-state index contributed by atoms with van der Waals surface area (Å²) in [6.45, 7) is 6.75. The lowest BCUT2D eigenvalue weighted by Gasteiger charge is -2.40. The Morgan fingerprint density at radius 1 is 0.964 bits per heavy atom. The fourth-order valence-electron chi connectivity index (χ4n) is 5.18. The third-order valence-electron chi connectivity index (χ3n) is 6.28. The van der Waals surface area contributed by atoms with E-state index in [4.69, 9.17) is 0 Å². The number of hydrogen-bond acceptors (Lipinski definition) is 0. The third kappa shape index (κ3) is 2.83. The van der Waals surface area contributed by atoms with Gasteiger partial charge in [-0.2, -0.15) is 0 Å². The maximum atomic E-state index is 2.45. The predicted octanol–water partition coefficient (Wildman–Crippen LogP) is 7.64. The zero-order valence-corrected chi connectivity index (χ0v) is 17.3. The van der Waals surface area contributed by atoms with Crippen LogP contribution in [0.25, 0.3) is 5.57 Å². The highest BCUT2D eigenvalue weighted by Gasteiger charge is 2.52. The highest BCUT2D eigenvalue weighted by Crippen LogP contribution is 2.60. The Kier molecular flexibility index (Phi) is 5.22. The third-order valence-corrected chi connectivity index (χ3v) is 6.28. The monoisotopic (exact) mass is 366 g/mol. The normalized spacial score (nSPS) is 24.0. The average Bonchev–Trinajstić information content (AvgIpc) is 3.02. The molecule has 0 aliphatic heterocycles. The molecule has 2 aromatic rings. The molecular formula is C28H30. The largest absolute Gasteiger partial charge is 0.0845 e. The first-order chi connectivity index (χ1) is 13.7. The van der Waals surface area contributed by atoms with E-state index in [0.29, 0.717) is 5.92 Å². The second kappa shape index (κ2) is 7.80. The van der Waals surface area contributed by atoms with E-state index in [1.165, 1.54) is 33.4 Å². The van der Waals surface area contributed by atoms with Gasteiger partial charge in [0.1, 0.15) is 0 Å². The van der Waals surface area contributed by atoms with Crippen LogP contribution < -0.4 is 0 Å². The second-order valence-electron chi connectivity index (χ2n) is 7.99. The summed E-state index contributed by atoms with van der Waals surface area (Å²) in [7, 11) is 0. The number of allylic oxidation sites excluding steroid dienone is 8. The van der Waals surface area contributed by atoms with Crippen molar-refractivity contribution in [1.82, 2.24) is 0 Å². The molecule has 0 saturated heterocycles. The van der Waals surface area contributed by atoms with Gasteiger partial charge in [-0.05, 0) is 54.0 Å². The second-order valence-corrected chi connectivity index (χ2v) is 7.99. The minimum absolute atomic E-state index is 0.124. The van der Waals surface area contributed by atoms with Crippen LogP contribution in [0, 0.1) is 5.92 Å². The number of fused-ring (bicyclic) bond motifs is 3. The molecule has 0 nitrogen and oxygen atoms in total. The molecule has 142 valence electrons. The maximum Gasteiger partial charge on any atom is 0.0525 e. The first-order valence-corrected chi connectivity index (χ1v) is 10.6. The smallest absolute Gasteiger partial charge is 0.0525 e. The lowest BCUT2D eigenvalue weighted by Crippen LogP contribution is -2.35. The van der Waals surface area contributed by atoms with E-state index in [1.54, 1.807) is 0 Å². The van der Waals surface area contributed by atoms with E-state index in [2.05, 4.69) is 106 Å². The van der Waals surface area contributed by atoms with Crippen LogP contribution >= 0.6 is 0 Å². The lowest BCUT2D eigenvalue weighted by molar-refractivity contribution is 0.473. The molecule has 0 amide bonds. The first kappa shape index (κ1) is 18.7. The molecule has 0 bridgehead atoms. The highest BCUT2D eigenvalue weighted by atomic mass is 14.5. The minimum atomic E-state index is -0.124. The molecule has 0 heterocycles. The summed E-state index contributed by atoms with van der Waals surface area (Å²) < 4.78 is 0. The Labute approximate surface area is 170 Å². The van der Waals surface area contributed by atoms with Gasteiger partial charge in [0, 0.05) is 5.92 Å². The summed E-state index contributed by atoms with van der Waals surface area (Å²) in [5.74, 6) is 0.441. The Morgan fingerprint density at radius 2 is 1.71 bits per heavy atom. The van der Waals surface area contributed by atoms with Crippen molar-refractivity contribution in [3.05, 3.63) is 113 Å². The van der Waals surface area contributed by atoms with Crippen molar-refractivity contribution in [3.8, 4) is 0 Å². The molecule has 2 aliphatic rings. The van der Waals surface area contributed by atoms with Gasteiger partial charge in [0.05, 0.1) is 5.41 Å². The molecular weight excluding hydrogens is 336 g/mol. The molecule has 2 aromatic carbocycles. The van der Waals surface area contributed by atoms with Crippen molar-refractivity contribution >= 4 is 5.57 Å². The quantitative estimate of drug-likeness (QED) is 0.477. The van der Waals surface area contributed by atoms with Crippen molar-refractivity contribution in [2.75, 3.05) is 0 Å². The van der Waals surface area contributed by atoms with E-state index in [1.807, 2.05) is 0 Å². The molecule has 4 rings (SSSR count). The lowest BCUT2D eigenvalue weighted by atomic mass is 9.61. The summed E-state index contributed by atoms with van der Waals surface area (Å²) in [5.41, 5.74) is 8.58. The van der Waals surface area contributed by atoms with Crippen LogP contribution in [0.1, 0.15) is 56.7 Å². The van der Waals surface area contributed by atoms with Gasteiger partial charge in [0.15, 0.2) is 0 Å². The Bertz CT molecular complexity index is 968. The Morgan fingerprint density at radius 3 is 2.46 bits per heavy atom. The Hall–Kier alpha value is -2.60. The molecule has 0 heteroatoms. The summed E-state index contributed by atoms with van der Waals surface area (Å²) in [4.78, 5) is 0. The fourth-order valence-corrected chi connectivity index (χ4v) is 5.18. The van der Waals surface area contributed by atoms with Crippen LogP contribution in [0.5, 0.6) is 0 Å². The molecule has 0 saturated carbocycles. The zero-order chi connectivity index (χ0) is 19.6. The maximum absolute atomic E-state index is 2.45. The minimum Gasteiger partial charge on any atom is -0.0845 e. The van der Waals surface area contributed by atoms with Crippen LogP contribution in [0.3, 0.4) is 0 Å². The average molecular weight is 367 g/mol. The molecule has 28 heavy (non-hydrogen) atoms. The van der Waals surface area contributed by atoms with Gasteiger partial charge in [-0.25, -0.2) is 0 Å².